The number of aromatic hydroxyl groups is 1. The monoisotopic (exact) mass is 285 g/mol. The molecule has 0 unspecified atom stereocenters. The number of carbonyl (C=O) groups is 1. The van der Waals surface area contributed by atoms with Crippen LogP contribution in [0.4, 0.5) is 0 Å². The van der Waals surface area contributed by atoms with E-state index in [1.54, 1.807) is 18.2 Å². The molecule has 3 saturated heterocycles. The van der Waals surface area contributed by atoms with Crippen LogP contribution in [0, 0.1) is 11.8 Å². The number of hydrogen-bond acceptors (Lipinski definition) is 4. The van der Waals surface area contributed by atoms with Gasteiger partial charge >= 0.3 is 0 Å². The largest absolute Gasteiger partial charge is 0.508 e. The number of phenolic OH excluding ortho intramolecular Hbond substituents is 1. The number of nitrogens with one attached hydrogen (secondary N) is 1. The number of nitrogens with zero attached hydrogens (tertiary/aromatic N) is 2. The summed E-state index contributed by atoms with van der Waals surface area (Å²) in [7, 11) is 0. The van der Waals surface area contributed by atoms with Gasteiger partial charge in [0.05, 0.1) is 5.52 Å². The average molecular weight is 285 g/mol. The number of phenols is 1. The van der Waals surface area contributed by atoms with Crippen molar-refractivity contribution in [3.8, 4) is 5.75 Å². The fraction of sp³-hybridized carbons (Fsp3) is 0.500. The quantitative estimate of drug-likeness (QED) is 0.848. The Bertz CT molecular complexity index is 686. The first-order valence-corrected chi connectivity index (χ1v) is 7.63. The van der Waals surface area contributed by atoms with Gasteiger partial charge in [0.25, 0.3) is 0 Å². The summed E-state index contributed by atoms with van der Waals surface area (Å²) in [5, 5.41) is 17.3. The molecule has 1 aromatic carbocycles. The van der Waals surface area contributed by atoms with Crippen molar-refractivity contribution >= 4 is 16.7 Å². The minimum Gasteiger partial charge on any atom is -0.508 e. The minimum atomic E-state index is 0.116. The van der Waals surface area contributed by atoms with Crippen LogP contribution in [0.2, 0.25) is 0 Å². The lowest BCUT2D eigenvalue weighted by Gasteiger charge is -2.44. The van der Waals surface area contributed by atoms with E-state index >= 15 is 0 Å². The molecule has 0 saturated carbocycles. The van der Waals surface area contributed by atoms with Crippen LogP contribution in [0.25, 0.3) is 10.9 Å². The number of hydrogen-bond donors (Lipinski definition) is 2. The van der Waals surface area contributed by atoms with E-state index in [0.29, 0.717) is 29.5 Å². The van der Waals surface area contributed by atoms with E-state index in [9.17, 15) is 9.90 Å². The van der Waals surface area contributed by atoms with E-state index in [0.717, 1.165) is 11.9 Å². The molecule has 3 fully saturated rings. The number of H-pyrrole nitrogens is 1. The van der Waals surface area contributed by atoms with Crippen LogP contribution in [0.3, 0.4) is 0 Å². The maximum Gasteiger partial charge on any atom is 0.184 e. The second-order valence-corrected chi connectivity index (χ2v) is 6.33. The van der Waals surface area contributed by atoms with Crippen molar-refractivity contribution in [2.24, 2.45) is 11.8 Å². The second-order valence-electron chi connectivity index (χ2n) is 6.33. The highest BCUT2D eigenvalue weighted by molar-refractivity contribution is 6.06. The molecule has 0 amide bonds. The Kier molecular flexibility index (Phi) is 2.96. The van der Waals surface area contributed by atoms with Crippen LogP contribution in [-0.2, 0) is 0 Å². The van der Waals surface area contributed by atoms with Crippen molar-refractivity contribution in [3.63, 3.8) is 0 Å². The van der Waals surface area contributed by atoms with Crippen LogP contribution in [0.1, 0.15) is 29.8 Å². The molecule has 3 aliphatic rings. The Morgan fingerprint density at radius 1 is 1.38 bits per heavy atom. The number of rotatable bonds is 3. The first-order chi connectivity index (χ1) is 10.2. The fourth-order valence-corrected chi connectivity index (χ4v) is 3.87. The Morgan fingerprint density at radius 2 is 2.19 bits per heavy atom. The lowest BCUT2D eigenvalue weighted by Crippen LogP contribution is -2.47. The van der Waals surface area contributed by atoms with E-state index in [1.807, 2.05) is 0 Å². The number of aromatic amines is 1. The van der Waals surface area contributed by atoms with Crippen LogP contribution >= 0.6 is 0 Å². The maximum absolute atomic E-state index is 12.6. The molecule has 0 radical (unpaired) electrons. The van der Waals surface area contributed by atoms with Crippen LogP contribution < -0.4 is 0 Å². The van der Waals surface area contributed by atoms with Crippen molar-refractivity contribution in [2.45, 2.75) is 19.3 Å². The van der Waals surface area contributed by atoms with Crippen molar-refractivity contribution in [3.05, 3.63) is 23.9 Å². The van der Waals surface area contributed by atoms with Gasteiger partial charge in [-0.05, 0) is 49.9 Å². The second kappa shape index (κ2) is 4.84. The standard InChI is InChI=1S/C16H19N3O2/c20-12-1-2-13-14(8-12)17-18-16(13)15(21)7-11-9-19-5-3-10(11)4-6-19/h1-2,8,10-11,20H,3-7,9H2,(H,17,18)/t11-/m1/s1. The summed E-state index contributed by atoms with van der Waals surface area (Å²) >= 11 is 0. The summed E-state index contributed by atoms with van der Waals surface area (Å²) in [6.45, 7) is 3.44. The van der Waals surface area contributed by atoms with Gasteiger partial charge in [-0.25, -0.2) is 0 Å². The van der Waals surface area contributed by atoms with Gasteiger partial charge in [0.15, 0.2) is 5.78 Å². The van der Waals surface area contributed by atoms with Gasteiger partial charge in [-0.2, -0.15) is 5.10 Å². The topological polar surface area (TPSA) is 69.2 Å². The molecule has 2 aromatic rings. The number of aromatic nitrogens is 2. The SMILES string of the molecule is O=C(C[C@@H]1CN2CCC1CC2)c1n[nH]c2cc(O)ccc12. The zero-order valence-corrected chi connectivity index (χ0v) is 11.9. The first-order valence-electron chi connectivity index (χ1n) is 7.63. The molecule has 1 atom stereocenters. The van der Waals surface area contributed by atoms with E-state index < -0.39 is 0 Å². The predicted molar refractivity (Wildman–Crippen MR) is 79.4 cm³/mol. The van der Waals surface area contributed by atoms with Gasteiger partial charge in [-0.1, -0.05) is 0 Å². The molecule has 2 bridgehead atoms. The highest BCUT2D eigenvalue weighted by atomic mass is 16.3. The molecular weight excluding hydrogens is 266 g/mol. The number of Topliss-reactive ketones (excluding diaryl/α,β-unsaturated/α-hetero) is 1. The Morgan fingerprint density at radius 3 is 2.90 bits per heavy atom. The summed E-state index contributed by atoms with van der Waals surface area (Å²) < 4.78 is 0. The van der Waals surface area contributed by atoms with Crippen LogP contribution in [0.5, 0.6) is 5.75 Å². The normalized spacial score (nSPS) is 28.1. The van der Waals surface area contributed by atoms with Gasteiger partial charge in [-0.3, -0.25) is 9.89 Å². The van der Waals surface area contributed by atoms with Crippen LogP contribution in [0.15, 0.2) is 18.2 Å². The molecule has 110 valence electrons. The zero-order chi connectivity index (χ0) is 14.4. The number of carbonyl (C=O) groups excluding carboxylic acids is 1. The summed E-state index contributed by atoms with van der Waals surface area (Å²) in [6, 6.07) is 4.97. The summed E-state index contributed by atoms with van der Waals surface area (Å²) in [4.78, 5) is 15.1. The van der Waals surface area contributed by atoms with Gasteiger partial charge in [0.1, 0.15) is 11.4 Å². The molecule has 5 rings (SSSR count). The molecule has 0 spiro atoms. The highest BCUT2D eigenvalue weighted by Gasteiger charge is 2.35. The van der Waals surface area contributed by atoms with E-state index in [-0.39, 0.29) is 11.5 Å². The third-order valence-electron chi connectivity index (χ3n) is 5.05. The van der Waals surface area contributed by atoms with Gasteiger partial charge in [0, 0.05) is 24.4 Å². The van der Waals surface area contributed by atoms with Crippen molar-refractivity contribution in [2.75, 3.05) is 19.6 Å². The highest BCUT2D eigenvalue weighted by Crippen LogP contribution is 2.35. The lowest BCUT2D eigenvalue weighted by molar-refractivity contribution is 0.0440. The van der Waals surface area contributed by atoms with E-state index in [2.05, 4.69) is 15.1 Å². The molecule has 2 N–H and O–H groups in total. The maximum atomic E-state index is 12.6. The van der Waals surface area contributed by atoms with E-state index in [4.69, 9.17) is 0 Å². The van der Waals surface area contributed by atoms with Gasteiger partial charge in [0.2, 0.25) is 0 Å². The molecule has 1 aromatic heterocycles. The third kappa shape index (κ3) is 2.21. The Labute approximate surface area is 122 Å². The first kappa shape index (κ1) is 12.8. The van der Waals surface area contributed by atoms with Crippen molar-refractivity contribution < 1.29 is 9.90 Å². The molecule has 21 heavy (non-hydrogen) atoms. The Balaban J connectivity index is 1.56. The average Bonchev–Trinajstić information content (AvgIpc) is 2.91. The molecule has 0 aliphatic carbocycles. The summed E-state index contributed by atoms with van der Waals surface area (Å²) in [5.74, 6) is 1.48. The lowest BCUT2D eigenvalue weighted by atomic mass is 9.76. The smallest absolute Gasteiger partial charge is 0.184 e. The molecular formula is C16H19N3O2. The van der Waals surface area contributed by atoms with Crippen LogP contribution in [-0.4, -0.2) is 45.6 Å². The fourth-order valence-electron chi connectivity index (χ4n) is 3.87. The zero-order valence-electron chi connectivity index (χ0n) is 11.9. The Hall–Kier alpha value is -1.88. The number of piperidine rings is 3. The predicted octanol–water partition coefficient (Wildman–Crippen LogP) is 2.18. The minimum absolute atomic E-state index is 0.116. The van der Waals surface area contributed by atoms with Crippen molar-refractivity contribution in [1.82, 2.24) is 15.1 Å². The number of benzene rings is 1. The number of ketones is 1. The molecule has 3 aliphatic heterocycles. The van der Waals surface area contributed by atoms with Crippen molar-refractivity contribution in [1.29, 1.82) is 0 Å². The summed E-state index contributed by atoms with van der Waals surface area (Å²) in [6.07, 6.45) is 3.04. The summed E-state index contributed by atoms with van der Waals surface area (Å²) in [5.41, 5.74) is 1.23. The van der Waals surface area contributed by atoms with E-state index in [1.165, 1.54) is 25.9 Å². The third-order valence-corrected chi connectivity index (χ3v) is 5.05. The number of fused-ring (bicyclic) bond motifs is 4. The van der Waals surface area contributed by atoms with Gasteiger partial charge in [-0.15, -0.1) is 0 Å². The van der Waals surface area contributed by atoms with Gasteiger partial charge < -0.3 is 10.0 Å². The molecule has 4 heterocycles. The molecule has 5 heteroatoms. The molecule has 5 nitrogen and oxygen atoms in total.